The molecule has 1 N–H and O–H groups in total. The number of rotatable bonds is 3. The molecule has 0 aliphatic carbocycles. The molecule has 1 aromatic rings. The number of nitrogens with zero attached hydrogens (tertiary/aromatic N) is 1. The minimum absolute atomic E-state index is 0.280. The number of hydrogen-bond donors (Lipinski definition) is 1. The van der Waals surface area contributed by atoms with Gasteiger partial charge in [-0.15, -0.1) is 0 Å². The number of aromatic nitrogens is 1. The highest BCUT2D eigenvalue weighted by Crippen LogP contribution is 2.10. The summed E-state index contributed by atoms with van der Waals surface area (Å²) in [6, 6.07) is 0. The van der Waals surface area contributed by atoms with Crippen LogP contribution in [0, 0.1) is 13.8 Å². The van der Waals surface area contributed by atoms with Gasteiger partial charge in [0, 0.05) is 6.42 Å². The second-order valence-electron chi connectivity index (χ2n) is 3.14. The van der Waals surface area contributed by atoms with Crippen LogP contribution in [-0.2, 0) is 6.42 Å². The highest BCUT2D eigenvalue weighted by molar-refractivity contribution is 5.05. The summed E-state index contributed by atoms with van der Waals surface area (Å²) in [5.41, 5.74) is 0.940. The van der Waals surface area contributed by atoms with Crippen LogP contribution in [-0.4, -0.2) is 16.2 Å². The van der Waals surface area contributed by atoms with Crippen LogP contribution >= 0.6 is 0 Å². The molecule has 0 saturated heterocycles. The van der Waals surface area contributed by atoms with Crippen LogP contribution in [0.1, 0.15) is 30.7 Å². The molecular weight excluding hydrogens is 154 g/mol. The Hall–Kier alpha value is -0.830. The van der Waals surface area contributed by atoms with Gasteiger partial charge >= 0.3 is 0 Å². The first kappa shape index (κ1) is 9.26. The number of aliphatic hydroxyl groups excluding tert-OH is 1. The van der Waals surface area contributed by atoms with Crippen molar-refractivity contribution in [2.45, 2.75) is 39.7 Å². The highest BCUT2D eigenvalue weighted by Gasteiger charge is 2.06. The molecule has 1 atom stereocenters. The van der Waals surface area contributed by atoms with Crippen LogP contribution in [0.2, 0.25) is 0 Å². The van der Waals surface area contributed by atoms with E-state index in [-0.39, 0.29) is 6.10 Å². The molecule has 12 heavy (non-hydrogen) atoms. The van der Waals surface area contributed by atoms with Gasteiger partial charge in [0.15, 0.2) is 5.89 Å². The van der Waals surface area contributed by atoms with Crippen molar-refractivity contribution in [3.8, 4) is 0 Å². The van der Waals surface area contributed by atoms with E-state index < -0.39 is 0 Å². The Morgan fingerprint density at radius 1 is 1.50 bits per heavy atom. The lowest BCUT2D eigenvalue weighted by molar-refractivity contribution is 0.181. The molecule has 1 heterocycles. The predicted molar refractivity (Wildman–Crippen MR) is 46.0 cm³/mol. The maximum Gasteiger partial charge on any atom is 0.194 e. The van der Waals surface area contributed by atoms with Crippen molar-refractivity contribution in [2.24, 2.45) is 0 Å². The third kappa shape index (κ3) is 2.34. The minimum Gasteiger partial charge on any atom is -0.446 e. The highest BCUT2D eigenvalue weighted by atomic mass is 16.4. The fourth-order valence-electron chi connectivity index (χ4n) is 0.978. The number of hydrogen-bond acceptors (Lipinski definition) is 3. The second kappa shape index (κ2) is 3.72. The van der Waals surface area contributed by atoms with Gasteiger partial charge in [-0.2, -0.15) is 0 Å². The van der Waals surface area contributed by atoms with Crippen LogP contribution < -0.4 is 0 Å². The van der Waals surface area contributed by atoms with Crippen LogP contribution in [0.4, 0.5) is 0 Å². The van der Waals surface area contributed by atoms with Crippen molar-refractivity contribution in [2.75, 3.05) is 0 Å². The summed E-state index contributed by atoms with van der Waals surface area (Å²) in [6.07, 6.45) is 1.14. The summed E-state index contributed by atoms with van der Waals surface area (Å²) in [6.45, 7) is 5.58. The van der Waals surface area contributed by atoms with Crippen molar-refractivity contribution in [3.63, 3.8) is 0 Å². The fourth-order valence-corrected chi connectivity index (χ4v) is 0.978. The average Bonchev–Trinajstić information content (AvgIpc) is 2.28. The summed E-state index contributed by atoms with van der Waals surface area (Å²) < 4.78 is 5.34. The Balaban J connectivity index is 2.53. The van der Waals surface area contributed by atoms with E-state index in [1.165, 1.54) is 0 Å². The standard InChI is InChI=1S/C9H15NO2/c1-6(11)4-5-9-10-7(2)8(3)12-9/h6,11H,4-5H2,1-3H3/t6-/m0/s1. The Bertz CT molecular complexity index is 234. The van der Waals surface area contributed by atoms with E-state index in [2.05, 4.69) is 4.98 Å². The lowest BCUT2D eigenvalue weighted by atomic mass is 10.2. The third-order valence-corrected chi connectivity index (χ3v) is 1.85. The molecule has 0 amide bonds. The molecule has 0 aromatic carbocycles. The van der Waals surface area contributed by atoms with Gasteiger partial charge in [-0.3, -0.25) is 0 Å². The zero-order valence-corrected chi connectivity index (χ0v) is 7.79. The number of aliphatic hydroxyl groups is 1. The Morgan fingerprint density at radius 2 is 2.17 bits per heavy atom. The van der Waals surface area contributed by atoms with E-state index in [0.717, 1.165) is 17.3 Å². The zero-order chi connectivity index (χ0) is 9.14. The van der Waals surface area contributed by atoms with Gasteiger partial charge in [0.1, 0.15) is 5.76 Å². The topological polar surface area (TPSA) is 46.3 Å². The Morgan fingerprint density at radius 3 is 2.58 bits per heavy atom. The summed E-state index contributed by atoms with van der Waals surface area (Å²) in [4.78, 5) is 4.20. The van der Waals surface area contributed by atoms with Gasteiger partial charge in [0.05, 0.1) is 11.8 Å². The first-order chi connectivity index (χ1) is 5.59. The minimum atomic E-state index is -0.280. The van der Waals surface area contributed by atoms with E-state index in [1.54, 1.807) is 6.92 Å². The van der Waals surface area contributed by atoms with Gasteiger partial charge in [0.2, 0.25) is 0 Å². The fraction of sp³-hybridized carbons (Fsp3) is 0.667. The van der Waals surface area contributed by atoms with Crippen molar-refractivity contribution < 1.29 is 9.52 Å². The molecule has 0 aliphatic heterocycles. The predicted octanol–water partition coefficient (Wildman–Crippen LogP) is 1.60. The molecule has 68 valence electrons. The summed E-state index contributed by atoms with van der Waals surface area (Å²) in [7, 11) is 0. The largest absolute Gasteiger partial charge is 0.446 e. The van der Waals surface area contributed by atoms with Crippen LogP contribution in [0.3, 0.4) is 0 Å². The molecule has 3 nitrogen and oxygen atoms in total. The van der Waals surface area contributed by atoms with Crippen LogP contribution in [0.5, 0.6) is 0 Å². The molecule has 0 saturated carbocycles. The normalized spacial score (nSPS) is 13.3. The number of aryl methyl sites for hydroxylation is 3. The van der Waals surface area contributed by atoms with Gasteiger partial charge in [-0.05, 0) is 27.2 Å². The molecule has 0 fully saturated rings. The smallest absolute Gasteiger partial charge is 0.194 e. The average molecular weight is 169 g/mol. The first-order valence-electron chi connectivity index (χ1n) is 4.20. The Kier molecular flexibility index (Phi) is 2.87. The van der Waals surface area contributed by atoms with Crippen molar-refractivity contribution >= 4 is 0 Å². The molecule has 0 aliphatic rings. The molecular formula is C9H15NO2. The maximum atomic E-state index is 9.02. The van der Waals surface area contributed by atoms with Crippen LogP contribution in [0.15, 0.2) is 4.42 Å². The summed E-state index contributed by atoms with van der Waals surface area (Å²) in [5.74, 6) is 1.60. The molecule has 1 aromatic heterocycles. The lowest BCUT2D eigenvalue weighted by Gasteiger charge is -1.98. The monoisotopic (exact) mass is 169 g/mol. The van der Waals surface area contributed by atoms with Gasteiger partial charge in [-0.1, -0.05) is 0 Å². The SMILES string of the molecule is Cc1nc(CC[C@H](C)O)oc1C. The molecule has 0 bridgehead atoms. The van der Waals surface area contributed by atoms with E-state index in [4.69, 9.17) is 9.52 Å². The lowest BCUT2D eigenvalue weighted by Crippen LogP contribution is -2.01. The Labute approximate surface area is 72.4 Å². The van der Waals surface area contributed by atoms with Crippen LogP contribution in [0.25, 0.3) is 0 Å². The molecule has 0 spiro atoms. The summed E-state index contributed by atoms with van der Waals surface area (Å²) >= 11 is 0. The van der Waals surface area contributed by atoms with Gasteiger partial charge in [0.25, 0.3) is 0 Å². The quantitative estimate of drug-likeness (QED) is 0.747. The molecule has 0 radical (unpaired) electrons. The molecule has 3 heteroatoms. The first-order valence-corrected chi connectivity index (χ1v) is 4.20. The number of oxazole rings is 1. The van der Waals surface area contributed by atoms with Gasteiger partial charge < -0.3 is 9.52 Å². The zero-order valence-electron chi connectivity index (χ0n) is 7.79. The molecule has 0 unspecified atom stereocenters. The van der Waals surface area contributed by atoms with E-state index in [1.807, 2.05) is 13.8 Å². The van der Waals surface area contributed by atoms with E-state index in [9.17, 15) is 0 Å². The van der Waals surface area contributed by atoms with Crippen molar-refractivity contribution in [1.82, 2.24) is 4.98 Å². The second-order valence-corrected chi connectivity index (χ2v) is 3.14. The third-order valence-electron chi connectivity index (χ3n) is 1.85. The van der Waals surface area contributed by atoms with Gasteiger partial charge in [-0.25, -0.2) is 4.98 Å². The van der Waals surface area contributed by atoms with Crippen molar-refractivity contribution in [1.29, 1.82) is 0 Å². The summed E-state index contributed by atoms with van der Waals surface area (Å²) in [5, 5.41) is 9.02. The maximum absolute atomic E-state index is 9.02. The van der Waals surface area contributed by atoms with Crippen molar-refractivity contribution in [3.05, 3.63) is 17.3 Å². The van der Waals surface area contributed by atoms with E-state index >= 15 is 0 Å². The molecule has 1 rings (SSSR count). The van der Waals surface area contributed by atoms with E-state index in [0.29, 0.717) is 12.8 Å².